The number of nitrogens with two attached hydrogens (primary N) is 2. The molecular weight excluding hydrogens is 490 g/mol. The van der Waals surface area contributed by atoms with Crippen LogP contribution in [-0.2, 0) is 6.18 Å². The summed E-state index contributed by atoms with van der Waals surface area (Å²) in [7, 11) is 0. The summed E-state index contributed by atoms with van der Waals surface area (Å²) < 4.78 is 55.0. The van der Waals surface area contributed by atoms with Gasteiger partial charge < -0.3 is 10.3 Å². The van der Waals surface area contributed by atoms with E-state index in [-0.39, 0.29) is 5.82 Å². The Bertz CT molecular complexity index is 1410. The molecule has 0 atom stereocenters. The minimum Gasteiger partial charge on any atom is -0.403 e. The third kappa shape index (κ3) is 5.09. The Morgan fingerprint density at radius 3 is 2.33 bits per heavy atom. The van der Waals surface area contributed by atoms with E-state index in [1.807, 2.05) is 36.6 Å². The second kappa shape index (κ2) is 10.1. The number of hydrogen-bond acceptors (Lipinski definition) is 5. The second-order valence-electron chi connectivity index (χ2n) is 7.91. The molecular formula is C26H23F4N5S. The van der Waals surface area contributed by atoms with Crippen molar-refractivity contribution < 1.29 is 17.6 Å². The Balaban J connectivity index is 1.90. The number of benzene rings is 3. The molecule has 0 bridgehead atoms. The van der Waals surface area contributed by atoms with Crippen molar-refractivity contribution in [3.05, 3.63) is 102 Å². The number of rotatable bonds is 6. The largest absolute Gasteiger partial charge is 0.434 e. The summed E-state index contributed by atoms with van der Waals surface area (Å²) in [4.78, 5) is 4.74. The van der Waals surface area contributed by atoms with Crippen LogP contribution in [0.2, 0.25) is 0 Å². The lowest BCUT2D eigenvalue weighted by Crippen LogP contribution is -2.31. The number of anilines is 1. The summed E-state index contributed by atoms with van der Waals surface area (Å²) in [6.07, 6.45) is -0.441. The van der Waals surface area contributed by atoms with Gasteiger partial charge in [0.15, 0.2) is 5.69 Å². The van der Waals surface area contributed by atoms with E-state index in [1.165, 1.54) is 47.0 Å². The monoisotopic (exact) mass is 513 g/mol. The van der Waals surface area contributed by atoms with Crippen molar-refractivity contribution in [3.63, 3.8) is 0 Å². The highest BCUT2D eigenvalue weighted by Gasteiger charge is 2.34. The zero-order valence-corrected chi connectivity index (χ0v) is 20.2. The van der Waals surface area contributed by atoms with Crippen molar-refractivity contribution in [2.24, 2.45) is 11.6 Å². The molecule has 0 aliphatic rings. The number of alkyl halides is 3. The normalized spacial score (nSPS) is 12.1. The van der Waals surface area contributed by atoms with Gasteiger partial charge in [-0.3, -0.25) is 5.01 Å². The van der Waals surface area contributed by atoms with E-state index in [0.29, 0.717) is 22.6 Å². The number of hydrazine groups is 1. The standard InChI is InChI=1S/C26H23F4N5S/c1-16-33-25(26(28,29)30)15-34(16)22-11-8-19(18-4-3-5-21(12-18)36-2)13-23(22)35(32)24(14-31)17-6-9-20(27)10-7-17/h3-15H,31-32H2,1-2H3/b24-14-. The number of aromatic nitrogens is 2. The van der Waals surface area contributed by atoms with E-state index in [1.54, 1.807) is 23.9 Å². The Kier molecular flexibility index (Phi) is 7.09. The van der Waals surface area contributed by atoms with E-state index in [0.717, 1.165) is 22.2 Å². The van der Waals surface area contributed by atoms with Crippen LogP contribution in [-0.4, -0.2) is 15.8 Å². The third-order valence-corrected chi connectivity index (χ3v) is 6.35. The van der Waals surface area contributed by atoms with Crippen molar-refractivity contribution in [3.8, 4) is 16.8 Å². The van der Waals surface area contributed by atoms with Crippen molar-refractivity contribution in [1.82, 2.24) is 9.55 Å². The van der Waals surface area contributed by atoms with Gasteiger partial charge in [0.25, 0.3) is 0 Å². The first-order valence-corrected chi connectivity index (χ1v) is 12.0. The van der Waals surface area contributed by atoms with Crippen molar-refractivity contribution in [2.75, 3.05) is 11.3 Å². The van der Waals surface area contributed by atoms with Gasteiger partial charge >= 0.3 is 6.18 Å². The highest BCUT2D eigenvalue weighted by molar-refractivity contribution is 7.98. The molecule has 5 nitrogen and oxygen atoms in total. The third-order valence-electron chi connectivity index (χ3n) is 5.63. The van der Waals surface area contributed by atoms with Crippen LogP contribution in [0.5, 0.6) is 0 Å². The lowest BCUT2D eigenvalue weighted by molar-refractivity contribution is -0.141. The van der Waals surface area contributed by atoms with Gasteiger partial charge in [-0.2, -0.15) is 13.2 Å². The van der Waals surface area contributed by atoms with E-state index in [9.17, 15) is 17.6 Å². The molecule has 0 aliphatic heterocycles. The molecule has 0 aliphatic carbocycles. The molecule has 4 rings (SSSR count). The van der Waals surface area contributed by atoms with Crippen molar-refractivity contribution in [1.29, 1.82) is 0 Å². The summed E-state index contributed by atoms with van der Waals surface area (Å²) in [5.41, 5.74) is 8.18. The summed E-state index contributed by atoms with van der Waals surface area (Å²) in [6, 6.07) is 18.7. The Labute approximate surface area is 210 Å². The van der Waals surface area contributed by atoms with Crippen molar-refractivity contribution >= 4 is 23.1 Å². The Hall–Kier alpha value is -3.76. The zero-order chi connectivity index (χ0) is 26.0. The lowest BCUT2D eigenvalue weighted by atomic mass is 10.0. The fourth-order valence-electron chi connectivity index (χ4n) is 3.82. The quantitative estimate of drug-likeness (QED) is 0.136. The molecule has 0 amide bonds. The molecule has 0 spiro atoms. The van der Waals surface area contributed by atoms with Crippen LogP contribution in [0.15, 0.2) is 84.0 Å². The summed E-state index contributed by atoms with van der Waals surface area (Å²) in [6.45, 7) is 1.48. The molecule has 1 aromatic heterocycles. The Morgan fingerprint density at radius 2 is 1.72 bits per heavy atom. The fraction of sp³-hybridized carbons (Fsp3) is 0.115. The molecule has 1 heterocycles. The molecule has 0 unspecified atom stereocenters. The maximum atomic E-state index is 13.5. The number of thioether (sulfide) groups is 1. The molecule has 0 saturated carbocycles. The first-order valence-electron chi connectivity index (χ1n) is 10.8. The van der Waals surface area contributed by atoms with Gasteiger partial charge in [-0.25, -0.2) is 15.2 Å². The average Bonchev–Trinajstić information content (AvgIpc) is 3.27. The number of halogens is 4. The molecule has 4 aromatic rings. The maximum absolute atomic E-state index is 13.5. The van der Waals surface area contributed by atoms with Crippen LogP contribution < -0.4 is 16.6 Å². The molecule has 0 radical (unpaired) electrons. The minimum atomic E-state index is -4.60. The average molecular weight is 514 g/mol. The molecule has 10 heteroatoms. The van der Waals surface area contributed by atoms with E-state index < -0.39 is 17.7 Å². The van der Waals surface area contributed by atoms with Gasteiger partial charge in [0.05, 0.1) is 17.1 Å². The lowest BCUT2D eigenvalue weighted by Gasteiger charge is -2.26. The number of imidazole rings is 1. The molecule has 0 saturated heterocycles. The van der Waals surface area contributed by atoms with Gasteiger partial charge in [-0.1, -0.05) is 18.2 Å². The molecule has 36 heavy (non-hydrogen) atoms. The molecule has 186 valence electrons. The van der Waals surface area contributed by atoms with E-state index in [4.69, 9.17) is 11.6 Å². The second-order valence-corrected chi connectivity index (χ2v) is 8.79. The number of aryl methyl sites for hydroxylation is 1. The summed E-state index contributed by atoms with van der Waals surface area (Å²) >= 11 is 1.59. The number of hydrogen-bond donors (Lipinski definition) is 2. The van der Waals surface area contributed by atoms with E-state index in [2.05, 4.69) is 4.98 Å². The van der Waals surface area contributed by atoms with Gasteiger partial charge in [0, 0.05) is 22.9 Å². The maximum Gasteiger partial charge on any atom is 0.434 e. The number of nitrogens with zero attached hydrogens (tertiary/aromatic N) is 3. The van der Waals surface area contributed by atoms with Crippen LogP contribution >= 0.6 is 11.8 Å². The van der Waals surface area contributed by atoms with Gasteiger partial charge in [0.2, 0.25) is 0 Å². The van der Waals surface area contributed by atoms with Gasteiger partial charge in [-0.05, 0) is 72.8 Å². The molecule has 3 aromatic carbocycles. The SMILES string of the molecule is CSc1cccc(-c2ccc(-n3cc(C(F)(F)F)nc3C)c(N(N)/C(=C\N)c3ccc(F)cc3)c2)c1. The smallest absolute Gasteiger partial charge is 0.403 e. The van der Waals surface area contributed by atoms with Crippen LogP contribution in [0.25, 0.3) is 22.5 Å². The van der Waals surface area contributed by atoms with Gasteiger partial charge in [0.1, 0.15) is 11.6 Å². The highest BCUT2D eigenvalue weighted by atomic mass is 32.2. The predicted octanol–water partition coefficient (Wildman–Crippen LogP) is 6.36. The zero-order valence-electron chi connectivity index (χ0n) is 19.4. The minimum absolute atomic E-state index is 0.133. The Morgan fingerprint density at radius 1 is 1.03 bits per heavy atom. The summed E-state index contributed by atoms with van der Waals surface area (Å²) in [5, 5.41) is 1.27. The first kappa shape index (κ1) is 25.3. The van der Waals surface area contributed by atoms with Crippen LogP contribution in [0.4, 0.5) is 23.2 Å². The first-order chi connectivity index (χ1) is 17.1. The summed E-state index contributed by atoms with van der Waals surface area (Å²) in [5.74, 6) is 6.24. The van der Waals surface area contributed by atoms with Crippen LogP contribution in [0, 0.1) is 12.7 Å². The fourth-order valence-corrected chi connectivity index (χ4v) is 4.28. The topological polar surface area (TPSA) is 73.1 Å². The molecule has 4 N–H and O–H groups in total. The van der Waals surface area contributed by atoms with Crippen molar-refractivity contribution in [2.45, 2.75) is 18.0 Å². The van der Waals surface area contributed by atoms with E-state index >= 15 is 0 Å². The highest BCUT2D eigenvalue weighted by Crippen LogP contribution is 2.36. The van der Waals surface area contributed by atoms with Crippen LogP contribution in [0.3, 0.4) is 0 Å². The molecule has 0 fully saturated rings. The predicted molar refractivity (Wildman–Crippen MR) is 136 cm³/mol. The van der Waals surface area contributed by atoms with Gasteiger partial charge in [-0.15, -0.1) is 11.8 Å². The van der Waals surface area contributed by atoms with Crippen LogP contribution in [0.1, 0.15) is 17.1 Å².